The molecule has 1 heterocycles. The molecule has 2 N–H and O–H groups in total. The Hall–Kier alpha value is -0.0400. The number of guanidine groups is 1. The Morgan fingerprint density at radius 1 is 1.23 bits per heavy atom. The number of likely N-dealkylation sites (tertiary alicyclic amines) is 1. The summed E-state index contributed by atoms with van der Waals surface area (Å²) in [6.45, 7) is 10.4. The third-order valence-electron chi connectivity index (χ3n) is 5.08. The molecule has 0 amide bonds. The summed E-state index contributed by atoms with van der Waals surface area (Å²) in [5.41, 5.74) is -0.111. The van der Waals surface area contributed by atoms with E-state index in [1.54, 1.807) is 0 Å². The summed E-state index contributed by atoms with van der Waals surface area (Å²) in [6.07, 6.45) is 8.05. The molecule has 1 saturated carbocycles. The first kappa shape index (κ1) is 20.0. The molecule has 22 heavy (non-hydrogen) atoms. The fraction of sp³-hybridized carbons (Fsp3) is 0.941. The quantitative estimate of drug-likeness (QED) is 0.405. The maximum Gasteiger partial charge on any atom is 0.194 e. The Morgan fingerprint density at radius 2 is 1.95 bits per heavy atom. The minimum absolute atomic E-state index is 0. The maximum atomic E-state index is 10.3. The lowest BCUT2D eigenvalue weighted by Gasteiger charge is -2.42. The van der Waals surface area contributed by atoms with E-state index in [0.29, 0.717) is 12.0 Å². The summed E-state index contributed by atoms with van der Waals surface area (Å²) >= 11 is 0. The van der Waals surface area contributed by atoms with Crippen molar-refractivity contribution in [2.75, 3.05) is 26.2 Å². The van der Waals surface area contributed by atoms with Crippen molar-refractivity contribution in [2.24, 2.45) is 10.4 Å². The lowest BCUT2D eigenvalue weighted by Crippen LogP contribution is -2.50. The van der Waals surface area contributed by atoms with Gasteiger partial charge in [-0.1, -0.05) is 20.3 Å². The molecule has 130 valence electrons. The monoisotopic (exact) mass is 423 g/mol. The van der Waals surface area contributed by atoms with Crippen LogP contribution in [0.2, 0.25) is 0 Å². The molecule has 4 nitrogen and oxygen atoms in total. The Labute approximate surface area is 153 Å². The first-order valence-corrected chi connectivity index (χ1v) is 8.76. The largest absolute Gasteiger partial charge is 0.388 e. The van der Waals surface area contributed by atoms with Crippen LogP contribution in [0.5, 0.6) is 0 Å². The highest BCUT2D eigenvalue weighted by molar-refractivity contribution is 14.0. The maximum absolute atomic E-state index is 10.3. The minimum atomic E-state index is -0.525. The Balaban J connectivity index is 0.00000242. The van der Waals surface area contributed by atoms with Crippen LogP contribution < -0.4 is 5.32 Å². The zero-order valence-corrected chi connectivity index (χ0v) is 16.9. The molecule has 1 unspecified atom stereocenters. The highest BCUT2D eigenvalue weighted by Gasteiger charge is 2.35. The molecular formula is C17H34IN3O. The van der Waals surface area contributed by atoms with Crippen LogP contribution in [0.3, 0.4) is 0 Å². The van der Waals surface area contributed by atoms with Gasteiger partial charge in [0.1, 0.15) is 0 Å². The van der Waals surface area contributed by atoms with Gasteiger partial charge < -0.3 is 15.3 Å². The van der Waals surface area contributed by atoms with Crippen LogP contribution in [0.25, 0.3) is 0 Å². The zero-order chi connectivity index (χ0) is 15.3. The number of nitrogens with zero attached hydrogens (tertiary/aromatic N) is 2. The summed E-state index contributed by atoms with van der Waals surface area (Å²) in [6, 6.07) is 0. The van der Waals surface area contributed by atoms with Crippen LogP contribution in [0, 0.1) is 5.41 Å². The Morgan fingerprint density at radius 3 is 2.50 bits per heavy atom. The normalized spacial score (nSPS) is 27.8. The van der Waals surface area contributed by atoms with Gasteiger partial charge in [0.15, 0.2) is 5.96 Å². The van der Waals surface area contributed by atoms with Gasteiger partial charge in [0.25, 0.3) is 0 Å². The van der Waals surface area contributed by atoms with E-state index in [1.165, 1.54) is 25.7 Å². The average molecular weight is 423 g/mol. The van der Waals surface area contributed by atoms with Gasteiger partial charge in [-0.2, -0.15) is 0 Å². The van der Waals surface area contributed by atoms with Crippen molar-refractivity contribution >= 4 is 29.9 Å². The number of rotatable bonds is 5. The molecule has 0 spiro atoms. The lowest BCUT2D eigenvalue weighted by atomic mass is 9.78. The molecular weight excluding hydrogens is 389 g/mol. The predicted octanol–water partition coefficient (Wildman–Crippen LogP) is 3.39. The van der Waals surface area contributed by atoms with E-state index < -0.39 is 5.60 Å². The molecule has 2 rings (SSSR count). The second kappa shape index (κ2) is 8.71. The van der Waals surface area contributed by atoms with Crippen LogP contribution in [-0.2, 0) is 0 Å². The van der Waals surface area contributed by atoms with E-state index in [2.05, 4.69) is 31.0 Å². The van der Waals surface area contributed by atoms with Crippen molar-refractivity contribution in [1.82, 2.24) is 10.2 Å². The van der Waals surface area contributed by atoms with Crippen LogP contribution in [-0.4, -0.2) is 47.7 Å². The van der Waals surface area contributed by atoms with E-state index in [-0.39, 0.29) is 24.0 Å². The number of hydrogen-bond donors (Lipinski definition) is 2. The van der Waals surface area contributed by atoms with Crippen molar-refractivity contribution < 1.29 is 5.11 Å². The van der Waals surface area contributed by atoms with Gasteiger partial charge in [0.05, 0.1) is 12.1 Å². The second-order valence-electron chi connectivity index (χ2n) is 7.33. The molecule has 0 aromatic rings. The van der Waals surface area contributed by atoms with E-state index in [4.69, 9.17) is 4.99 Å². The molecule has 0 bridgehead atoms. The molecule has 0 radical (unpaired) electrons. The molecule has 1 atom stereocenters. The number of hydrogen-bond acceptors (Lipinski definition) is 2. The van der Waals surface area contributed by atoms with Gasteiger partial charge in [-0.3, -0.25) is 4.99 Å². The second-order valence-corrected chi connectivity index (χ2v) is 7.33. The molecule has 2 aliphatic rings. The van der Waals surface area contributed by atoms with Crippen molar-refractivity contribution in [3.8, 4) is 0 Å². The van der Waals surface area contributed by atoms with E-state index in [0.717, 1.165) is 44.9 Å². The van der Waals surface area contributed by atoms with E-state index >= 15 is 0 Å². The molecule has 1 aliphatic heterocycles. The van der Waals surface area contributed by atoms with E-state index in [9.17, 15) is 5.11 Å². The van der Waals surface area contributed by atoms with Gasteiger partial charge >= 0.3 is 0 Å². The summed E-state index contributed by atoms with van der Waals surface area (Å²) < 4.78 is 0. The topological polar surface area (TPSA) is 47.9 Å². The number of halogens is 1. The summed E-state index contributed by atoms with van der Waals surface area (Å²) in [4.78, 5) is 7.15. The van der Waals surface area contributed by atoms with Crippen LogP contribution in [0.4, 0.5) is 0 Å². The van der Waals surface area contributed by atoms with Gasteiger partial charge in [-0.05, 0) is 50.9 Å². The van der Waals surface area contributed by atoms with Crippen molar-refractivity contribution in [1.29, 1.82) is 0 Å². The number of aliphatic imine (C=N–C) groups is 1. The van der Waals surface area contributed by atoms with Crippen LogP contribution in [0.15, 0.2) is 4.99 Å². The molecule has 1 saturated heterocycles. The SMILES string of the molecule is CCCC1(C)CCCN(C(=NCC2(O)CCC2)NCC)C1.I. The summed E-state index contributed by atoms with van der Waals surface area (Å²) in [5, 5.41) is 13.7. The number of aliphatic hydroxyl groups is 1. The third-order valence-corrected chi connectivity index (χ3v) is 5.08. The number of nitrogens with one attached hydrogen (secondary N) is 1. The highest BCUT2D eigenvalue weighted by atomic mass is 127. The van der Waals surface area contributed by atoms with Gasteiger partial charge in [-0.15, -0.1) is 24.0 Å². The Bertz CT molecular complexity index is 367. The standard InChI is InChI=1S/C17H33N3O.HI/c1-4-8-16(3)9-7-12-20(14-16)15(18-5-2)19-13-17(21)10-6-11-17;/h21H,4-14H2,1-3H3,(H,18,19);1H. The van der Waals surface area contributed by atoms with Gasteiger partial charge in [-0.25, -0.2) is 0 Å². The minimum Gasteiger partial charge on any atom is -0.388 e. The van der Waals surface area contributed by atoms with Gasteiger partial charge in [0.2, 0.25) is 0 Å². The molecule has 1 aliphatic carbocycles. The van der Waals surface area contributed by atoms with Gasteiger partial charge in [0, 0.05) is 19.6 Å². The fourth-order valence-electron chi connectivity index (χ4n) is 3.69. The number of piperidine rings is 1. The predicted molar refractivity (Wildman–Crippen MR) is 104 cm³/mol. The first-order valence-electron chi connectivity index (χ1n) is 8.76. The first-order chi connectivity index (χ1) is 10.0. The van der Waals surface area contributed by atoms with E-state index in [1.807, 2.05) is 0 Å². The summed E-state index contributed by atoms with van der Waals surface area (Å²) in [5.74, 6) is 1.000. The molecule has 2 fully saturated rings. The zero-order valence-electron chi connectivity index (χ0n) is 14.5. The third kappa shape index (κ3) is 5.25. The average Bonchev–Trinajstić information content (AvgIpc) is 2.41. The van der Waals surface area contributed by atoms with Crippen molar-refractivity contribution in [3.05, 3.63) is 0 Å². The van der Waals surface area contributed by atoms with Crippen LogP contribution >= 0.6 is 24.0 Å². The molecule has 0 aromatic carbocycles. The summed E-state index contributed by atoms with van der Waals surface area (Å²) in [7, 11) is 0. The highest BCUT2D eigenvalue weighted by Crippen LogP contribution is 2.34. The van der Waals surface area contributed by atoms with Crippen molar-refractivity contribution in [2.45, 2.75) is 71.3 Å². The molecule has 5 heteroatoms. The van der Waals surface area contributed by atoms with Crippen molar-refractivity contribution in [3.63, 3.8) is 0 Å². The fourth-order valence-corrected chi connectivity index (χ4v) is 3.69. The Kier molecular flexibility index (Phi) is 7.92. The molecule has 0 aromatic heterocycles. The smallest absolute Gasteiger partial charge is 0.194 e. The lowest BCUT2D eigenvalue weighted by molar-refractivity contribution is -0.0238. The van der Waals surface area contributed by atoms with Crippen LogP contribution in [0.1, 0.15) is 65.7 Å².